The van der Waals surface area contributed by atoms with Crippen molar-refractivity contribution in [2.45, 2.75) is 44.4 Å². The van der Waals surface area contributed by atoms with Gasteiger partial charge in [0.05, 0.1) is 11.8 Å². The van der Waals surface area contributed by atoms with E-state index in [1.807, 2.05) is 13.1 Å². The number of hydrogen-bond donors (Lipinski definition) is 1. The summed E-state index contributed by atoms with van der Waals surface area (Å²) in [6.07, 6.45) is 7.33. The Morgan fingerprint density at radius 1 is 1.35 bits per heavy atom. The fourth-order valence-electron chi connectivity index (χ4n) is 5.56. The van der Waals surface area contributed by atoms with Gasteiger partial charge in [-0.25, -0.2) is 0 Å². The topological polar surface area (TPSA) is 66.1 Å². The Kier molecular flexibility index (Phi) is 4.16. The zero-order chi connectivity index (χ0) is 17.6. The molecule has 1 spiro atoms. The van der Waals surface area contributed by atoms with E-state index in [0.29, 0.717) is 23.5 Å². The first kappa shape index (κ1) is 16.6. The lowest BCUT2D eigenvalue weighted by Gasteiger charge is -2.63. The first-order chi connectivity index (χ1) is 12.8. The third kappa shape index (κ3) is 2.55. The molecule has 4 aliphatic rings. The van der Waals surface area contributed by atoms with Crippen LogP contribution in [-0.4, -0.2) is 72.9 Å². The lowest BCUT2D eigenvalue weighted by molar-refractivity contribution is -0.171. The fraction of sp³-hybridized carbons (Fsp3) is 0.789. The average Bonchev–Trinajstić information content (AvgIpc) is 3.26. The van der Waals surface area contributed by atoms with Crippen molar-refractivity contribution in [1.82, 2.24) is 20.3 Å². The number of fused-ring (bicyclic) bond motifs is 2. The van der Waals surface area contributed by atoms with Gasteiger partial charge in [-0.1, -0.05) is 11.6 Å². The molecule has 1 N–H and O–H groups in total. The molecule has 2 aliphatic carbocycles. The van der Waals surface area contributed by atoms with Gasteiger partial charge in [-0.05, 0) is 19.3 Å². The Hall–Kier alpha value is -1.60. The minimum atomic E-state index is 0.395. The van der Waals surface area contributed by atoms with Gasteiger partial charge in [0.25, 0.3) is 0 Å². The molecule has 0 amide bonds. The highest BCUT2D eigenvalue weighted by Crippen LogP contribution is 2.62. The maximum Gasteiger partial charge on any atom is 0.193 e. The van der Waals surface area contributed by atoms with E-state index >= 15 is 0 Å². The Labute approximate surface area is 154 Å². The van der Waals surface area contributed by atoms with E-state index in [1.54, 1.807) is 6.26 Å². The van der Waals surface area contributed by atoms with Crippen LogP contribution in [-0.2, 0) is 11.3 Å². The summed E-state index contributed by atoms with van der Waals surface area (Å²) in [5, 5.41) is 7.87. The summed E-state index contributed by atoms with van der Waals surface area (Å²) in [5.41, 5.74) is 1.40. The van der Waals surface area contributed by atoms with Gasteiger partial charge in [-0.15, -0.1) is 0 Å². The van der Waals surface area contributed by atoms with Crippen LogP contribution in [0, 0.1) is 11.3 Å². The van der Waals surface area contributed by atoms with Crippen molar-refractivity contribution in [2.24, 2.45) is 16.3 Å². The Morgan fingerprint density at radius 2 is 2.19 bits per heavy atom. The number of piperazine rings is 1. The molecule has 7 heteroatoms. The zero-order valence-corrected chi connectivity index (χ0v) is 15.6. The third-order valence-electron chi connectivity index (χ3n) is 7.08. The number of hydrogen-bond acceptors (Lipinski definition) is 5. The summed E-state index contributed by atoms with van der Waals surface area (Å²) >= 11 is 0. The lowest BCUT2D eigenvalue weighted by atomic mass is 9.46. The molecule has 3 atom stereocenters. The van der Waals surface area contributed by atoms with Crippen LogP contribution in [0.5, 0.6) is 0 Å². The van der Waals surface area contributed by atoms with Gasteiger partial charge in [0, 0.05) is 69.8 Å². The van der Waals surface area contributed by atoms with Gasteiger partial charge in [0.15, 0.2) is 5.96 Å². The second kappa shape index (κ2) is 6.53. The Balaban J connectivity index is 1.19. The predicted molar refractivity (Wildman–Crippen MR) is 97.8 cm³/mol. The molecule has 2 saturated heterocycles. The van der Waals surface area contributed by atoms with Gasteiger partial charge in [-0.3, -0.25) is 9.89 Å². The molecule has 0 aromatic carbocycles. The van der Waals surface area contributed by atoms with Crippen LogP contribution in [0.15, 0.2) is 21.8 Å². The van der Waals surface area contributed by atoms with Gasteiger partial charge >= 0.3 is 0 Å². The number of nitrogens with zero attached hydrogens (tertiary/aromatic N) is 4. The molecule has 1 aromatic heterocycles. The molecular formula is C19H29N5O2. The van der Waals surface area contributed by atoms with E-state index in [1.165, 1.54) is 25.7 Å². The molecule has 5 rings (SSSR count). The Bertz CT molecular complexity index is 649. The quantitative estimate of drug-likeness (QED) is 0.649. The summed E-state index contributed by atoms with van der Waals surface area (Å²) < 4.78 is 11.0. The maximum atomic E-state index is 6.05. The number of guanidine groups is 1. The van der Waals surface area contributed by atoms with Crippen molar-refractivity contribution in [2.75, 3.05) is 39.8 Å². The normalized spacial score (nSPS) is 33.7. The molecule has 4 fully saturated rings. The third-order valence-corrected chi connectivity index (χ3v) is 7.08. The second-order valence-corrected chi connectivity index (χ2v) is 8.25. The second-order valence-electron chi connectivity index (χ2n) is 8.25. The maximum absolute atomic E-state index is 6.05. The first-order valence-electron chi connectivity index (χ1n) is 10.0. The number of nitrogens with one attached hydrogen (secondary N) is 1. The average molecular weight is 359 g/mol. The standard InChI is InChI=1S/C19H29N5O2/c1-20-18(21-16-15-4-11-25-17(15)19(16)5-2-6-19)24-9-7-23(8-10-24)13-14-3-12-26-22-14/h3,12,15-17H,2,4-11,13H2,1H3,(H,20,21). The molecule has 2 saturated carbocycles. The minimum Gasteiger partial charge on any atom is -0.377 e. The molecule has 3 unspecified atom stereocenters. The monoisotopic (exact) mass is 359 g/mol. The number of aromatic nitrogens is 1. The summed E-state index contributed by atoms with van der Waals surface area (Å²) in [6.45, 7) is 5.86. The van der Waals surface area contributed by atoms with E-state index in [0.717, 1.165) is 51.0 Å². The summed E-state index contributed by atoms with van der Waals surface area (Å²) in [4.78, 5) is 9.46. The number of rotatable bonds is 3. The minimum absolute atomic E-state index is 0.395. The van der Waals surface area contributed by atoms with E-state index in [2.05, 4.69) is 25.3 Å². The highest BCUT2D eigenvalue weighted by atomic mass is 16.5. The van der Waals surface area contributed by atoms with Crippen molar-refractivity contribution in [3.05, 3.63) is 18.0 Å². The Morgan fingerprint density at radius 3 is 2.85 bits per heavy atom. The van der Waals surface area contributed by atoms with E-state index in [9.17, 15) is 0 Å². The largest absolute Gasteiger partial charge is 0.377 e. The molecule has 26 heavy (non-hydrogen) atoms. The predicted octanol–water partition coefficient (Wildman–Crippen LogP) is 1.33. The number of ether oxygens (including phenoxy) is 1. The zero-order valence-electron chi connectivity index (χ0n) is 15.6. The molecule has 142 valence electrons. The molecular weight excluding hydrogens is 330 g/mol. The van der Waals surface area contributed by atoms with Gasteiger partial charge < -0.3 is 19.5 Å². The van der Waals surface area contributed by atoms with Crippen LogP contribution < -0.4 is 5.32 Å². The van der Waals surface area contributed by atoms with Crippen molar-refractivity contribution in [1.29, 1.82) is 0 Å². The van der Waals surface area contributed by atoms with Crippen LogP contribution in [0.1, 0.15) is 31.4 Å². The summed E-state index contributed by atoms with van der Waals surface area (Å²) in [6, 6.07) is 2.50. The molecule has 0 bridgehead atoms. The number of aliphatic imine (C=N–C) groups is 1. The van der Waals surface area contributed by atoms with E-state index < -0.39 is 0 Å². The molecule has 1 aromatic rings. The van der Waals surface area contributed by atoms with Crippen molar-refractivity contribution in [3.63, 3.8) is 0 Å². The molecule has 7 nitrogen and oxygen atoms in total. The highest BCUT2D eigenvalue weighted by molar-refractivity contribution is 5.80. The van der Waals surface area contributed by atoms with Crippen LogP contribution in [0.3, 0.4) is 0 Å². The summed E-state index contributed by atoms with van der Waals surface area (Å²) in [5.74, 6) is 1.76. The van der Waals surface area contributed by atoms with Gasteiger partial charge in [0.1, 0.15) is 6.26 Å². The first-order valence-corrected chi connectivity index (χ1v) is 10.0. The highest BCUT2D eigenvalue weighted by Gasteiger charge is 2.66. The molecule has 2 aliphatic heterocycles. The molecule has 0 radical (unpaired) electrons. The SMILES string of the molecule is CN=C(NC1C2CCOC2C12CCC2)N1CCN(Cc2ccon2)CC1. The van der Waals surface area contributed by atoms with Crippen LogP contribution in [0.25, 0.3) is 0 Å². The van der Waals surface area contributed by atoms with Crippen LogP contribution in [0.4, 0.5) is 0 Å². The van der Waals surface area contributed by atoms with Crippen molar-refractivity contribution >= 4 is 5.96 Å². The molecule has 3 heterocycles. The van der Waals surface area contributed by atoms with Gasteiger partial charge in [-0.2, -0.15) is 0 Å². The van der Waals surface area contributed by atoms with Crippen LogP contribution in [0.2, 0.25) is 0 Å². The van der Waals surface area contributed by atoms with Crippen molar-refractivity contribution < 1.29 is 9.26 Å². The van der Waals surface area contributed by atoms with Crippen LogP contribution >= 0.6 is 0 Å². The smallest absolute Gasteiger partial charge is 0.193 e. The van der Waals surface area contributed by atoms with Gasteiger partial charge in [0.2, 0.25) is 0 Å². The van der Waals surface area contributed by atoms with E-state index in [-0.39, 0.29) is 0 Å². The fourth-order valence-corrected chi connectivity index (χ4v) is 5.56. The summed E-state index contributed by atoms with van der Waals surface area (Å²) in [7, 11) is 1.92. The van der Waals surface area contributed by atoms with E-state index in [4.69, 9.17) is 9.26 Å². The van der Waals surface area contributed by atoms with Crippen molar-refractivity contribution in [3.8, 4) is 0 Å². The lowest BCUT2D eigenvalue weighted by Crippen LogP contribution is -2.73.